The average Bonchev–Trinajstić information content (AvgIpc) is 2.78. The van der Waals surface area contributed by atoms with E-state index in [0.717, 1.165) is 12.8 Å². The average molecular weight is 394 g/mol. The van der Waals surface area contributed by atoms with Crippen molar-refractivity contribution in [3.63, 3.8) is 0 Å². The first-order valence-electron chi connectivity index (χ1n) is 9.46. The van der Waals surface area contributed by atoms with Gasteiger partial charge < -0.3 is 14.4 Å². The molecule has 4 rings (SSSR count). The summed E-state index contributed by atoms with van der Waals surface area (Å²) < 4.78 is 12.0. The summed E-state index contributed by atoms with van der Waals surface area (Å²) in [6.07, 6.45) is 3.18. The van der Waals surface area contributed by atoms with Gasteiger partial charge >= 0.3 is 0 Å². The van der Waals surface area contributed by atoms with Crippen molar-refractivity contribution < 1.29 is 14.3 Å². The van der Waals surface area contributed by atoms with Gasteiger partial charge in [0.05, 0.1) is 37.5 Å². The first-order chi connectivity index (χ1) is 14.1. The number of hydrogen-bond donors (Lipinski definition) is 0. The van der Waals surface area contributed by atoms with Crippen LogP contribution < -0.4 is 15.0 Å². The van der Waals surface area contributed by atoms with Gasteiger partial charge in [0.2, 0.25) is 11.8 Å². The maximum Gasteiger partial charge on any atom is 0.261 e. The van der Waals surface area contributed by atoms with Crippen molar-refractivity contribution in [1.29, 1.82) is 0 Å². The minimum Gasteiger partial charge on any atom is -0.481 e. The Kier molecular flexibility index (Phi) is 5.16. The first kappa shape index (κ1) is 18.9. The summed E-state index contributed by atoms with van der Waals surface area (Å²) in [5.41, 5.74) is 0.961. The number of ether oxygens (including phenoxy) is 2. The van der Waals surface area contributed by atoms with Gasteiger partial charge in [-0.15, -0.1) is 0 Å². The molecular formula is C21H22N4O4. The van der Waals surface area contributed by atoms with Gasteiger partial charge in [-0.05, 0) is 31.0 Å². The van der Waals surface area contributed by atoms with E-state index in [0.29, 0.717) is 35.4 Å². The molecule has 0 radical (unpaired) electrons. The number of methoxy groups -OCH3 is 2. The van der Waals surface area contributed by atoms with Crippen LogP contribution in [-0.2, 0) is 0 Å². The summed E-state index contributed by atoms with van der Waals surface area (Å²) in [6, 6.07) is 10.4. The molecule has 1 aliphatic heterocycles. The highest BCUT2D eigenvalue weighted by Crippen LogP contribution is 2.26. The minimum absolute atomic E-state index is 0.0846. The molecule has 8 heteroatoms. The number of pyridine rings is 1. The zero-order valence-corrected chi connectivity index (χ0v) is 16.4. The van der Waals surface area contributed by atoms with Gasteiger partial charge in [0.1, 0.15) is 5.56 Å². The second-order valence-corrected chi connectivity index (χ2v) is 6.93. The largest absolute Gasteiger partial charge is 0.481 e. The molecule has 1 atom stereocenters. The van der Waals surface area contributed by atoms with E-state index in [1.54, 1.807) is 34.0 Å². The van der Waals surface area contributed by atoms with Crippen LogP contribution >= 0.6 is 0 Å². The van der Waals surface area contributed by atoms with Crippen LogP contribution in [0.5, 0.6) is 11.8 Å². The lowest BCUT2D eigenvalue weighted by Gasteiger charge is -2.33. The van der Waals surface area contributed by atoms with Gasteiger partial charge in [-0.3, -0.25) is 14.2 Å². The van der Waals surface area contributed by atoms with Crippen LogP contribution in [0.25, 0.3) is 10.9 Å². The molecule has 1 aromatic carbocycles. The van der Waals surface area contributed by atoms with E-state index >= 15 is 0 Å². The van der Waals surface area contributed by atoms with E-state index in [2.05, 4.69) is 9.97 Å². The number of nitrogens with zero attached hydrogens (tertiary/aromatic N) is 4. The van der Waals surface area contributed by atoms with Crippen molar-refractivity contribution in [2.75, 3.05) is 27.3 Å². The number of hydrogen-bond acceptors (Lipinski definition) is 6. The molecular weight excluding hydrogens is 372 g/mol. The normalized spacial score (nSPS) is 16.6. The zero-order chi connectivity index (χ0) is 20.4. The van der Waals surface area contributed by atoms with Crippen molar-refractivity contribution in [3.8, 4) is 11.8 Å². The van der Waals surface area contributed by atoms with Crippen molar-refractivity contribution in [2.24, 2.45) is 0 Å². The molecule has 150 valence electrons. The monoisotopic (exact) mass is 394 g/mol. The molecule has 29 heavy (non-hydrogen) atoms. The molecule has 1 fully saturated rings. The van der Waals surface area contributed by atoms with E-state index in [1.807, 2.05) is 18.2 Å². The Morgan fingerprint density at radius 3 is 2.76 bits per heavy atom. The molecule has 8 nitrogen and oxygen atoms in total. The van der Waals surface area contributed by atoms with Crippen molar-refractivity contribution >= 4 is 16.8 Å². The number of benzene rings is 1. The number of amides is 1. The summed E-state index contributed by atoms with van der Waals surface area (Å²) >= 11 is 0. The zero-order valence-electron chi connectivity index (χ0n) is 16.4. The van der Waals surface area contributed by atoms with Crippen LogP contribution in [0.15, 0.2) is 47.5 Å². The lowest BCUT2D eigenvalue weighted by Crippen LogP contribution is -2.43. The maximum atomic E-state index is 13.1. The Balaban J connectivity index is 1.61. The van der Waals surface area contributed by atoms with E-state index < -0.39 is 0 Å². The number of piperidine rings is 1. The smallest absolute Gasteiger partial charge is 0.261 e. The number of likely N-dealkylation sites (tertiary alicyclic amines) is 1. The minimum atomic E-state index is -0.177. The second-order valence-electron chi connectivity index (χ2n) is 6.93. The summed E-state index contributed by atoms with van der Waals surface area (Å²) in [5, 5.41) is 0.583. The molecule has 0 saturated carbocycles. The van der Waals surface area contributed by atoms with Crippen LogP contribution in [0.1, 0.15) is 29.2 Å². The topological polar surface area (TPSA) is 86.6 Å². The Labute approximate surface area is 167 Å². The molecule has 0 unspecified atom stereocenters. The molecule has 1 amide bonds. The van der Waals surface area contributed by atoms with Crippen LogP contribution in [0.2, 0.25) is 0 Å². The number of fused-ring (bicyclic) bond motifs is 1. The lowest BCUT2D eigenvalue weighted by molar-refractivity contribution is 0.0673. The molecule has 3 heterocycles. The van der Waals surface area contributed by atoms with Gasteiger partial charge in [-0.2, -0.15) is 4.98 Å². The van der Waals surface area contributed by atoms with Crippen molar-refractivity contribution in [3.05, 3.63) is 58.6 Å². The summed E-state index contributed by atoms with van der Waals surface area (Å²) in [7, 11) is 2.98. The highest BCUT2D eigenvalue weighted by molar-refractivity contribution is 5.96. The number of carbonyl (C=O) groups is 1. The fraction of sp³-hybridized carbons (Fsp3) is 0.333. The Morgan fingerprint density at radius 1 is 1.14 bits per heavy atom. The van der Waals surface area contributed by atoms with Crippen LogP contribution in [-0.4, -0.2) is 52.7 Å². The number of carbonyl (C=O) groups excluding carboxylic acids is 1. The van der Waals surface area contributed by atoms with E-state index in [-0.39, 0.29) is 23.4 Å². The summed E-state index contributed by atoms with van der Waals surface area (Å²) in [4.78, 5) is 36.4. The van der Waals surface area contributed by atoms with Gasteiger partial charge in [0.15, 0.2) is 0 Å². The Bertz CT molecular complexity index is 1110. The highest BCUT2D eigenvalue weighted by Gasteiger charge is 2.28. The predicted molar refractivity (Wildman–Crippen MR) is 108 cm³/mol. The maximum absolute atomic E-state index is 13.1. The number of aromatic nitrogens is 3. The molecule has 1 saturated heterocycles. The SMILES string of the molecule is COc1ccc(C(=O)N2CCC[C@@H](n3cnc4ccccc4c3=O)C2)c(OC)n1. The van der Waals surface area contributed by atoms with E-state index in [9.17, 15) is 9.59 Å². The molecule has 0 bridgehead atoms. The van der Waals surface area contributed by atoms with Gasteiger partial charge in [-0.25, -0.2) is 4.98 Å². The third kappa shape index (κ3) is 3.53. The fourth-order valence-corrected chi connectivity index (χ4v) is 3.74. The third-order valence-corrected chi connectivity index (χ3v) is 5.23. The lowest BCUT2D eigenvalue weighted by atomic mass is 10.0. The van der Waals surface area contributed by atoms with E-state index in [4.69, 9.17) is 9.47 Å². The predicted octanol–water partition coefficient (Wildman–Crippen LogP) is 2.29. The van der Waals surface area contributed by atoms with E-state index in [1.165, 1.54) is 14.2 Å². The van der Waals surface area contributed by atoms with Gasteiger partial charge in [-0.1, -0.05) is 12.1 Å². The Morgan fingerprint density at radius 2 is 1.97 bits per heavy atom. The molecule has 0 N–H and O–H groups in total. The van der Waals surface area contributed by atoms with Crippen molar-refractivity contribution in [2.45, 2.75) is 18.9 Å². The number of rotatable bonds is 4. The van der Waals surface area contributed by atoms with Crippen LogP contribution in [0.4, 0.5) is 0 Å². The fourth-order valence-electron chi connectivity index (χ4n) is 3.74. The number of para-hydroxylation sites is 1. The van der Waals surface area contributed by atoms with Gasteiger partial charge in [0.25, 0.3) is 11.5 Å². The molecule has 1 aliphatic rings. The summed E-state index contributed by atoms with van der Waals surface area (Å²) in [5.74, 6) is 0.424. The second kappa shape index (κ2) is 7.90. The van der Waals surface area contributed by atoms with Crippen LogP contribution in [0, 0.1) is 0 Å². The standard InChI is InChI=1S/C21H22N4O4/c1-28-18-10-9-16(19(23-18)29-2)20(26)24-11-5-6-14(12-24)25-13-22-17-8-4-3-7-15(17)21(25)27/h3-4,7-10,13-14H,5-6,11-12H2,1-2H3/t14-/m1/s1. The molecule has 3 aromatic rings. The molecule has 0 spiro atoms. The van der Waals surface area contributed by atoms with Crippen LogP contribution in [0.3, 0.4) is 0 Å². The van der Waals surface area contributed by atoms with Gasteiger partial charge in [0, 0.05) is 19.2 Å². The van der Waals surface area contributed by atoms with Crippen molar-refractivity contribution in [1.82, 2.24) is 19.4 Å². The summed E-state index contributed by atoms with van der Waals surface area (Å²) in [6.45, 7) is 1.04. The highest BCUT2D eigenvalue weighted by atomic mass is 16.5. The Hall–Kier alpha value is -3.42. The quantitative estimate of drug-likeness (QED) is 0.675. The first-order valence-corrected chi connectivity index (χ1v) is 9.46. The molecule has 2 aromatic heterocycles. The molecule has 0 aliphatic carbocycles. The third-order valence-electron chi connectivity index (χ3n) is 5.23.